The van der Waals surface area contributed by atoms with E-state index in [1.54, 1.807) is 12.2 Å². The lowest BCUT2D eigenvalue weighted by Crippen LogP contribution is -2.28. The highest BCUT2D eigenvalue weighted by molar-refractivity contribution is 5.26. The largest absolute Gasteiger partial charge is 0.461 e. The molecule has 0 unspecified atom stereocenters. The number of aryl methyl sites for hydroxylation is 1. The zero-order valence-corrected chi connectivity index (χ0v) is 8.59. The summed E-state index contributed by atoms with van der Waals surface area (Å²) in [5.41, 5.74) is 1.19. The van der Waals surface area contributed by atoms with E-state index in [0.29, 0.717) is 0 Å². The van der Waals surface area contributed by atoms with Gasteiger partial charge >= 0.3 is 0 Å². The lowest BCUT2D eigenvalue weighted by molar-refractivity contribution is -0.0789. The highest BCUT2D eigenvalue weighted by Gasteiger charge is 2.14. The van der Waals surface area contributed by atoms with E-state index in [0.717, 1.165) is 5.75 Å². The predicted octanol–water partition coefficient (Wildman–Crippen LogP) is 1.65. The Morgan fingerprint density at radius 3 is 2.60 bits per heavy atom. The van der Waals surface area contributed by atoms with E-state index in [-0.39, 0.29) is 6.61 Å². The molecule has 1 N–H and O–H groups in total. The molecule has 1 aliphatic heterocycles. The summed E-state index contributed by atoms with van der Waals surface area (Å²) in [7, 11) is 0. The molecule has 0 aromatic heterocycles. The van der Waals surface area contributed by atoms with E-state index in [1.165, 1.54) is 5.56 Å². The van der Waals surface area contributed by atoms with E-state index in [1.807, 2.05) is 31.2 Å². The summed E-state index contributed by atoms with van der Waals surface area (Å²) in [4.78, 5) is 0. The van der Waals surface area contributed by atoms with Gasteiger partial charge in [0.25, 0.3) is 0 Å². The summed E-state index contributed by atoms with van der Waals surface area (Å²) in [6, 6.07) is 7.77. The maximum atomic E-state index is 9.16. The Bertz CT molecular complexity index is 342. The van der Waals surface area contributed by atoms with E-state index in [4.69, 9.17) is 14.6 Å². The molecule has 0 aliphatic carbocycles. The molecule has 2 atom stereocenters. The molecule has 0 saturated heterocycles. The van der Waals surface area contributed by atoms with Gasteiger partial charge in [-0.2, -0.15) is 0 Å². The third-order valence-corrected chi connectivity index (χ3v) is 2.19. The Hall–Kier alpha value is -1.32. The van der Waals surface area contributed by atoms with Gasteiger partial charge in [-0.15, -0.1) is 0 Å². The van der Waals surface area contributed by atoms with Crippen LogP contribution in [0.15, 0.2) is 36.4 Å². The molecule has 3 heteroatoms. The topological polar surface area (TPSA) is 38.7 Å². The van der Waals surface area contributed by atoms with Crippen molar-refractivity contribution in [3.8, 4) is 5.75 Å². The number of hydrogen-bond donors (Lipinski definition) is 1. The third-order valence-electron chi connectivity index (χ3n) is 2.19. The molecule has 15 heavy (non-hydrogen) atoms. The van der Waals surface area contributed by atoms with Gasteiger partial charge in [-0.3, -0.25) is 0 Å². The van der Waals surface area contributed by atoms with Gasteiger partial charge in [-0.25, -0.2) is 0 Å². The SMILES string of the molecule is Cc1ccc(O[C@@H]2C=C[C@@H](O)CO2)cc1. The van der Waals surface area contributed by atoms with Crippen LogP contribution in [-0.2, 0) is 4.74 Å². The average Bonchev–Trinajstić information content (AvgIpc) is 2.25. The van der Waals surface area contributed by atoms with Gasteiger partial charge in [0.1, 0.15) is 5.75 Å². The standard InChI is InChI=1S/C12H14O3/c1-9-2-5-11(6-3-9)15-12-7-4-10(13)8-14-12/h2-7,10,12-13H,8H2,1H3/t10-,12-/m1/s1. The fourth-order valence-corrected chi connectivity index (χ4v) is 1.35. The smallest absolute Gasteiger partial charge is 0.219 e. The van der Waals surface area contributed by atoms with Gasteiger partial charge in [0, 0.05) is 0 Å². The lowest BCUT2D eigenvalue weighted by atomic mass is 10.2. The molecule has 0 bridgehead atoms. The van der Waals surface area contributed by atoms with Crippen molar-refractivity contribution < 1.29 is 14.6 Å². The van der Waals surface area contributed by atoms with Crippen LogP contribution in [0.2, 0.25) is 0 Å². The molecule has 0 fully saturated rings. The van der Waals surface area contributed by atoms with Crippen LogP contribution >= 0.6 is 0 Å². The number of ether oxygens (including phenoxy) is 2. The number of benzene rings is 1. The molecule has 1 aromatic carbocycles. The fraction of sp³-hybridized carbons (Fsp3) is 0.333. The van der Waals surface area contributed by atoms with Crippen LogP contribution in [0.1, 0.15) is 5.56 Å². The molecule has 0 radical (unpaired) electrons. The average molecular weight is 206 g/mol. The van der Waals surface area contributed by atoms with Gasteiger partial charge in [0.15, 0.2) is 0 Å². The van der Waals surface area contributed by atoms with Crippen LogP contribution in [0.5, 0.6) is 5.75 Å². The van der Waals surface area contributed by atoms with Gasteiger partial charge in [-0.05, 0) is 25.1 Å². The summed E-state index contributed by atoms with van der Waals surface area (Å²) in [6.45, 7) is 2.31. The van der Waals surface area contributed by atoms with Crippen molar-refractivity contribution in [2.45, 2.75) is 19.3 Å². The van der Waals surface area contributed by atoms with Crippen molar-refractivity contribution in [2.75, 3.05) is 6.61 Å². The zero-order valence-electron chi connectivity index (χ0n) is 8.59. The lowest BCUT2D eigenvalue weighted by Gasteiger charge is -2.21. The highest BCUT2D eigenvalue weighted by atomic mass is 16.7. The maximum absolute atomic E-state index is 9.16. The molecule has 1 aromatic rings. The fourth-order valence-electron chi connectivity index (χ4n) is 1.35. The van der Waals surface area contributed by atoms with Crippen LogP contribution in [0.4, 0.5) is 0 Å². The Balaban J connectivity index is 1.97. The summed E-state index contributed by atoms with van der Waals surface area (Å²) in [5, 5.41) is 9.16. The van der Waals surface area contributed by atoms with Crippen LogP contribution < -0.4 is 4.74 Å². The van der Waals surface area contributed by atoms with E-state index in [9.17, 15) is 0 Å². The molecule has 1 heterocycles. The number of aliphatic hydroxyl groups is 1. The van der Waals surface area contributed by atoms with E-state index in [2.05, 4.69) is 0 Å². The Morgan fingerprint density at radius 2 is 2.00 bits per heavy atom. The summed E-state index contributed by atoms with van der Waals surface area (Å²) >= 11 is 0. The molecule has 0 amide bonds. The van der Waals surface area contributed by atoms with Crippen molar-refractivity contribution in [3.63, 3.8) is 0 Å². The zero-order chi connectivity index (χ0) is 10.7. The first-order valence-electron chi connectivity index (χ1n) is 4.95. The van der Waals surface area contributed by atoms with Crippen LogP contribution in [-0.4, -0.2) is 24.1 Å². The van der Waals surface area contributed by atoms with E-state index < -0.39 is 12.4 Å². The van der Waals surface area contributed by atoms with Gasteiger partial charge in [-0.1, -0.05) is 23.8 Å². The second kappa shape index (κ2) is 4.47. The molecule has 1 aliphatic rings. The molecule has 0 spiro atoms. The molecular formula is C12H14O3. The quantitative estimate of drug-likeness (QED) is 0.748. The monoisotopic (exact) mass is 206 g/mol. The van der Waals surface area contributed by atoms with Crippen molar-refractivity contribution >= 4 is 0 Å². The third kappa shape index (κ3) is 2.81. The first-order valence-corrected chi connectivity index (χ1v) is 4.95. The van der Waals surface area contributed by atoms with Gasteiger partial charge in [0.2, 0.25) is 6.29 Å². The number of rotatable bonds is 2. The minimum absolute atomic E-state index is 0.285. The molecular weight excluding hydrogens is 192 g/mol. The minimum atomic E-state index is -0.511. The van der Waals surface area contributed by atoms with Crippen molar-refractivity contribution in [3.05, 3.63) is 42.0 Å². The van der Waals surface area contributed by atoms with Crippen molar-refractivity contribution in [2.24, 2.45) is 0 Å². The predicted molar refractivity (Wildman–Crippen MR) is 56.7 cm³/mol. The highest BCUT2D eigenvalue weighted by Crippen LogP contribution is 2.16. The number of aliphatic hydroxyl groups excluding tert-OH is 1. The second-order valence-corrected chi connectivity index (χ2v) is 3.58. The van der Waals surface area contributed by atoms with Crippen LogP contribution in [0.3, 0.4) is 0 Å². The summed E-state index contributed by atoms with van der Waals surface area (Å²) in [6.07, 6.45) is 2.50. The van der Waals surface area contributed by atoms with Crippen molar-refractivity contribution in [1.82, 2.24) is 0 Å². The van der Waals surface area contributed by atoms with E-state index >= 15 is 0 Å². The van der Waals surface area contributed by atoms with Gasteiger partial charge in [0.05, 0.1) is 12.7 Å². The molecule has 80 valence electrons. The normalized spacial score (nSPS) is 25.2. The molecule has 2 rings (SSSR count). The molecule has 0 saturated carbocycles. The Morgan fingerprint density at radius 1 is 1.27 bits per heavy atom. The van der Waals surface area contributed by atoms with Crippen LogP contribution in [0.25, 0.3) is 0 Å². The Kier molecular flexibility index (Phi) is 3.04. The van der Waals surface area contributed by atoms with Crippen LogP contribution in [0, 0.1) is 6.92 Å². The van der Waals surface area contributed by atoms with Crippen molar-refractivity contribution in [1.29, 1.82) is 0 Å². The summed E-state index contributed by atoms with van der Waals surface area (Å²) < 4.78 is 10.8. The first kappa shape index (κ1) is 10.2. The number of hydrogen-bond acceptors (Lipinski definition) is 3. The summed E-state index contributed by atoms with van der Waals surface area (Å²) in [5.74, 6) is 0.770. The Labute approximate surface area is 88.9 Å². The first-order chi connectivity index (χ1) is 7.24. The second-order valence-electron chi connectivity index (χ2n) is 3.58. The maximum Gasteiger partial charge on any atom is 0.219 e. The molecule has 3 nitrogen and oxygen atoms in total. The van der Waals surface area contributed by atoms with Gasteiger partial charge < -0.3 is 14.6 Å². The minimum Gasteiger partial charge on any atom is -0.461 e.